The van der Waals surface area contributed by atoms with E-state index < -0.39 is 11.6 Å². The number of nitrogens with zero attached hydrogens (tertiary/aromatic N) is 2. The summed E-state index contributed by atoms with van der Waals surface area (Å²) in [5.41, 5.74) is 0.810. The van der Waals surface area contributed by atoms with Gasteiger partial charge in [-0.3, -0.25) is 4.79 Å². The number of hydrogen-bond donors (Lipinski definition) is 0. The largest absolute Gasteiger partial charge is 0.466 e. The summed E-state index contributed by atoms with van der Waals surface area (Å²) in [4.78, 5) is 15.5. The first kappa shape index (κ1) is 13.5. The van der Waals surface area contributed by atoms with Crippen LogP contribution >= 0.6 is 0 Å². The summed E-state index contributed by atoms with van der Waals surface area (Å²) < 4.78 is 32.8. The molecule has 1 unspecified atom stereocenters. The predicted octanol–water partition coefficient (Wildman–Crippen LogP) is 2.51. The molecule has 1 aromatic heterocycles. The Balaban J connectivity index is 2.26. The van der Waals surface area contributed by atoms with E-state index >= 15 is 0 Å². The average Bonchev–Trinajstić information content (AvgIpc) is 2.73. The van der Waals surface area contributed by atoms with Crippen molar-refractivity contribution >= 4 is 17.0 Å². The molecule has 6 heteroatoms. The molecule has 2 aromatic rings. The molecular weight excluding hydrogens is 254 g/mol. The highest BCUT2D eigenvalue weighted by atomic mass is 19.2. The van der Waals surface area contributed by atoms with Crippen LogP contribution in [0.2, 0.25) is 0 Å². The smallest absolute Gasteiger partial charge is 0.310 e. The molecule has 0 N–H and O–H groups in total. The Hall–Kier alpha value is -1.98. The van der Waals surface area contributed by atoms with Crippen molar-refractivity contribution in [2.75, 3.05) is 6.61 Å². The zero-order chi connectivity index (χ0) is 14.0. The maximum absolute atomic E-state index is 13.2. The third kappa shape index (κ3) is 2.72. The summed E-state index contributed by atoms with van der Waals surface area (Å²) in [5.74, 6) is -2.58. The zero-order valence-corrected chi connectivity index (χ0v) is 10.7. The molecule has 0 bridgehead atoms. The standard InChI is InChI=1S/C13H14F2N2O2/c1-3-19-13(18)8(2)6-17-7-16-11-4-9(14)10(15)5-12(11)17/h4-5,7-8H,3,6H2,1-2H3. The lowest BCUT2D eigenvalue weighted by Gasteiger charge is -2.11. The van der Waals surface area contributed by atoms with Crippen molar-refractivity contribution in [2.24, 2.45) is 5.92 Å². The lowest BCUT2D eigenvalue weighted by Crippen LogP contribution is -2.19. The van der Waals surface area contributed by atoms with E-state index in [4.69, 9.17) is 4.74 Å². The van der Waals surface area contributed by atoms with Crippen molar-refractivity contribution in [3.63, 3.8) is 0 Å². The van der Waals surface area contributed by atoms with Crippen LogP contribution in [0.4, 0.5) is 8.78 Å². The van der Waals surface area contributed by atoms with Crippen LogP contribution < -0.4 is 0 Å². The van der Waals surface area contributed by atoms with Gasteiger partial charge in [-0.05, 0) is 6.92 Å². The molecule has 19 heavy (non-hydrogen) atoms. The second kappa shape index (κ2) is 5.34. The number of carbonyl (C=O) groups excluding carboxylic acids is 1. The molecule has 0 saturated heterocycles. The molecule has 102 valence electrons. The molecule has 0 spiro atoms. The van der Waals surface area contributed by atoms with Gasteiger partial charge in [-0.1, -0.05) is 6.92 Å². The van der Waals surface area contributed by atoms with E-state index in [0.29, 0.717) is 24.2 Å². The monoisotopic (exact) mass is 268 g/mol. The Morgan fingerprint density at radius 2 is 2.11 bits per heavy atom. The van der Waals surface area contributed by atoms with E-state index in [-0.39, 0.29) is 11.9 Å². The molecule has 0 amide bonds. The van der Waals surface area contributed by atoms with Gasteiger partial charge in [0.15, 0.2) is 11.6 Å². The van der Waals surface area contributed by atoms with E-state index in [2.05, 4.69) is 4.98 Å². The van der Waals surface area contributed by atoms with Crippen LogP contribution in [0.25, 0.3) is 11.0 Å². The molecule has 0 aliphatic heterocycles. The summed E-state index contributed by atoms with van der Waals surface area (Å²) >= 11 is 0. The van der Waals surface area contributed by atoms with Gasteiger partial charge in [0.25, 0.3) is 0 Å². The summed E-state index contributed by atoms with van der Waals surface area (Å²) in [7, 11) is 0. The van der Waals surface area contributed by atoms with Crippen LogP contribution in [0.1, 0.15) is 13.8 Å². The normalized spacial score (nSPS) is 12.6. The second-order valence-electron chi connectivity index (χ2n) is 4.31. The minimum Gasteiger partial charge on any atom is -0.466 e. The number of rotatable bonds is 4. The van der Waals surface area contributed by atoms with Crippen LogP contribution in [-0.4, -0.2) is 22.1 Å². The first-order valence-electron chi connectivity index (χ1n) is 5.99. The fourth-order valence-electron chi connectivity index (χ4n) is 1.85. The number of imidazole rings is 1. The summed E-state index contributed by atoms with van der Waals surface area (Å²) in [6.45, 7) is 4.06. The number of esters is 1. The van der Waals surface area contributed by atoms with Crippen molar-refractivity contribution in [3.05, 3.63) is 30.1 Å². The average molecular weight is 268 g/mol. The van der Waals surface area contributed by atoms with E-state index in [1.54, 1.807) is 18.4 Å². The van der Waals surface area contributed by atoms with Gasteiger partial charge in [-0.25, -0.2) is 13.8 Å². The number of benzene rings is 1. The first-order valence-corrected chi connectivity index (χ1v) is 5.99. The van der Waals surface area contributed by atoms with Crippen LogP contribution in [0.3, 0.4) is 0 Å². The molecule has 1 aromatic carbocycles. The Morgan fingerprint density at radius 1 is 1.42 bits per heavy atom. The molecule has 1 heterocycles. The fraction of sp³-hybridized carbons (Fsp3) is 0.385. The maximum atomic E-state index is 13.2. The molecule has 1 atom stereocenters. The third-order valence-electron chi connectivity index (χ3n) is 2.82. The van der Waals surface area contributed by atoms with Crippen molar-refractivity contribution < 1.29 is 18.3 Å². The maximum Gasteiger partial charge on any atom is 0.310 e. The van der Waals surface area contributed by atoms with Crippen LogP contribution in [0.15, 0.2) is 18.5 Å². The van der Waals surface area contributed by atoms with Crippen LogP contribution in [0.5, 0.6) is 0 Å². The summed E-state index contributed by atoms with van der Waals surface area (Å²) in [5, 5.41) is 0. The highest BCUT2D eigenvalue weighted by molar-refractivity contribution is 5.76. The van der Waals surface area contributed by atoms with Crippen LogP contribution in [-0.2, 0) is 16.1 Å². The van der Waals surface area contributed by atoms with E-state index in [9.17, 15) is 13.6 Å². The van der Waals surface area contributed by atoms with Crippen molar-refractivity contribution in [3.8, 4) is 0 Å². The van der Waals surface area contributed by atoms with Gasteiger partial charge in [0, 0.05) is 18.7 Å². The fourth-order valence-corrected chi connectivity index (χ4v) is 1.85. The highest BCUT2D eigenvalue weighted by Crippen LogP contribution is 2.18. The molecule has 0 aliphatic carbocycles. The second-order valence-corrected chi connectivity index (χ2v) is 4.31. The third-order valence-corrected chi connectivity index (χ3v) is 2.82. The van der Waals surface area contributed by atoms with Crippen molar-refractivity contribution in [2.45, 2.75) is 20.4 Å². The minimum atomic E-state index is -0.934. The Kier molecular flexibility index (Phi) is 3.78. The molecular formula is C13H14F2N2O2. The molecule has 0 fully saturated rings. The molecule has 0 radical (unpaired) electrons. The van der Waals surface area contributed by atoms with E-state index in [0.717, 1.165) is 12.1 Å². The van der Waals surface area contributed by atoms with E-state index in [1.807, 2.05) is 0 Å². The summed E-state index contributed by atoms with van der Waals surface area (Å²) in [6.07, 6.45) is 1.46. The predicted molar refractivity (Wildman–Crippen MR) is 65.4 cm³/mol. The molecule has 0 saturated carbocycles. The lowest BCUT2D eigenvalue weighted by atomic mass is 10.2. The quantitative estimate of drug-likeness (QED) is 0.800. The lowest BCUT2D eigenvalue weighted by molar-refractivity contribution is -0.147. The summed E-state index contributed by atoms with van der Waals surface area (Å²) in [6, 6.07) is 2.12. The van der Waals surface area contributed by atoms with Crippen molar-refractivity contribution in [1.29, 1.82) is 0 Å². The van der Waals surface area contributed by atoms with Gasteiger partial charge in [0.2, 0.25) is 0 Å². The molecule has 2 rings (SSSR count). The Bertz CT molecular complexity index is 610. The molecule has 0 aliphatic rings. The minimum absolute atomic E-state index is 0.306. The van der Waals surface area contributed by atoms with Gasteiger partial charge in [-0.15, -0.1) is 0 Å². The Morgan fingerprint density at radius 3 is 2.79 bits per heavy atom. The molecule has 4 nitrogen and oxygen atoms in total. The SMILES string of the molecule is CCOC(=O)C(C)Cn1cnc2cc(F)c(F)cc21. The van der Waals surface area contributed by atoms with Gasteiger partial charge in [0.1, 0.15) is 0 Å². The Labute approximate surface area is 109 Å². The van der Waals surface area contributed by atoms with Crippen LogP contribution in [0, 0.1) is 17.6 Å². The number of fused-ring (bicyclic) bond motifs is 1. The van der Waals surface area contributed by atoms with Gasteiger partial charge in [0.05, 0.1) is 29.9 Å². The first-order chi connectivity index (χ1) is 9.02. The number of halogens is 2. The van der Waals surface area contributed by atoms with E-state index in [1.165, 1.54) is 6.33 Å². The van der Waals surface area contributed by atoms with Crippen molar-refractivity contribution in [1.82, 2.24) is 9.55 Å². The van der Waals surface area contributed by atoms with Gasteiger partial charge >= 0.3 is 5.97 Å². The van der Waals surface area contributed by atoms with Gasteiger partial charge in [-0.2, -0.15) is 0 Å². The number of aromatic nitrogens is 2. The zero-order valence-electron chi connectivity index (χ0n) is 10.7. The van der Waals surface area contributed by atoms with Gasteiger partial charge < -0.3 is 9.30 Å². The number of carbonyl (C=O) groups is 1. The number of hydrogen-bond acceptors (Lipinski definition) is 3. The highest BCUT2D eigenvalue weighted by Gasteiger charge is 2.16. The topological polar surface area (TPSA) is 44.1 Å². The number of ether oxygens (including phenoxy) is 1.